The highest BCUT2D eigenvalue weighted by Crippen LogP contribution is 2.32. The lowest BCUT2D eigenvalue weighted by Crippen LogP contribution is -2.10. The van der Waals surface area contributed by atoms with Gasteiger partial charge in [-0.15, -0.1) is 0 Å². The van der Waals surface area contributed by atoms with Crippen LogP contribution >= 0.6 is 0 Å². The lowest BCUT2D eigenvalue weighted by Gasteiger charge is -2.16. The van der Waals surface area contributed by atoms with E-state index in [0.29, 0.717) is 31.3 Å². The zero-order valence-electron chi connectivity index (χ0n) is 15.3. The van der Waals surface area contributed by atoms with Crippen LogP contribution in [0.15, 0.2) is 49.1 Å². The zero-order chi connectivity index (χ0) is 19.1. The zero-order valence-corrected chi connectivity index (χ0v) is 15.3. The molecule has 0 saturated carbocycles. The third-order valence-corrected chi connectivity index (χ3v) is 5.08. The molecule has 0 atom stereocenters. The summed E-state index contributed by atoms with van der Waals surface area (Å²) in [5.74, 6) is 0.376. The third-order valence-electron chi connectivity index (χ3n) is 5.08. The molecule has 3 aromatic heterocycles. The second kappa shape index (κ2) is 6.69. The number of fused-ring (bicyclic) bond motifs is 2. The Morgan fingerprint density at radius 3 is 2.86 bits per heavy atom. The maximum absolute atomic E-state index is 14.2. The number of anilines is 1. The van der Waals surface area contributed by atoms with E-state index < -0.39 is 0 Å². The Morgan fingerprint density at radius 1 is 1.07 bits per heavy atom. The molecule has 0 fully saturated rings. The summed E-state index contributed by atoms with van der Waals surface area (Å²) < 4.78 is 21.8. The highest BCUT2D eigenvalue weighted by molar-refractivity contribution is 5.83. The molecule has 0 amide bonds. The van der Waals surface area contributed by atoms with E-state index in [0.717, 1.165) is 33.6 Å². The van der Waals surface area contributed by atoms with Crippen LogP contribution in [0.2, 0.25) is 0 Å². The number of aryl methyl sites for hydroxylation is 1. The van der Waals surface area contributed by atoms with Gasteiger partial charge in [-0.05, 0) is 24.6 Å². The van der Waals surface area contributed by atoms with Crippen molar-refractivity contribution in [3.8, 4) is 11.1 Å². The van der Waals surface area contributed by atoms with Gasteiger partial charge in [0, 0.05) is 35.6 Å². The lowest BCUT2D eigenvalue weighted by atomic mass is 10.0. The Kier molecular flexibility index (Phi) is 4.02. The van der Waals surface area contributed by atoms with Crippen molar-refractivity contribution >= 4 is 11.5 Å². The van der Waals surface area contributed by atoms with E-state index in [4.69, 9.17) is 4.74 Å². The molecule has 1 N–H and O–H groups in total. The number of benzene rings is 1. The number of rotatable bonds is 3. The van der Waals surface area contributed by atoms with Gasteiger partial charge in [0.25, 0.3) is 0 Å². The number of aromatic nitrogens is 4. The van der Waals surface area contributed by atoms with Crippen molar-refractivity contribution in [1.29, 1.82) is 0 Å². The average molecular weight is 375 g/mol. The van der Waals surface area contributed by atoms with Gasteiger partial charge in [-0.2, -0.15) is 0 Å². The van der Waals surface area contributed by atoms with E-state index in [-0.39, 0.29) is 5.82 Å². The molecule has 0 bridgehead atoms. The Morgan fingerprint density at radius 2 is 1.96 bits per heavy atom. The average Bonchev–Trinajstić information content (AvgIpc) is 3.11. The minimum atomic E-state index is -0.227. The van der Waals surface area contributed by atoms with Gasteiger partial charge in [0.15, 0.2) is 0 Å². The van der Waals surface area contributed by atoms with Crippen molar-refractivity contribution < 1.29 is 9.13 Å². The molecule has 28 heavy (non-hydrogen) atoms. The first-order valence-corrected chi connectivity index (χ1v) is 9.07. The van der Waals surface area contributed by atoms with E-state index in [1.807, 2.05) is 35.7 Å². The quantitative estimate of drug-likeness (QED) is 0.589. The van der Waals surface area contributed by atoms with Crippen molar-refractivity contribution in [3.63, 3.8) is 0 Å². The fourth-order valence-corrected chi connectivity index (χ4v) is 3.61. The SMILES string of the molecule is Cc1cccc(F)c1CNc1ncc2c3c(ncn13)COCc1ncccc1-2. The smallest absolute Gasteiger partial charge is 0.208 e. The summed E-state index contributed by atoms with van der Waals surface area (Å²) in [5.41, 5.74) is 6.12. The lowest BCUT2D eigenvalue weighted by molar-refractivity contribution is 0.103. The number of nitrogens with one attached hydrogen (secondary N) is 1. The van der Waals surface area contributed by atoms with Gasteiger partial charge in [-0.1, -0.05) is 18.2 Å². The minimum absolute atomic E-state index is 0.227. The number of imidazole rings is 1. The Labute approximate surface area is 161 Å². The fourth-order valence-electron chi connectivity index (χ4n) is 3.61. The van der Waals surface area contributed by atoms with Crippen LogP contribution in [0, 0.1) is 12.7 Å². The van der Waals surface area contributed by atoms with Crippen LogP contribution in [0.4, 0.5) is 10.3 Å². The van der Waals surface area contributed by atoms with Crippen LogP contribution in [0.3, 0.4) is 0 Å². The summed E-state index contributed by atoms with van der Waals surface area (Å²) in [4.78, 5) is 13.5. The summed E-state index contributed by atoms with van der Waals surface area (Å²) in [6.45, 7) is 3.06. The van der Waals surface area contributed by atoms with Gasteiger partial charge >= 0.3 is 0 Å². The molecule has 0 unspecified atom stereocenters. The number of halogens is 1. The molecule has 6 nitrogen and oxygen atoms in total. The summed E-state index contributed by atoms with van der Waals surface area (Å²) in [6, 6.07) is 9.00. The van der Waals surface area contributed by atoms with Gasteiger partial charge in [-0.25, -0.2) is 14.4 Å². The van der Waals surface area contributed by atoms with Gasteiger partial charge in [0.1, 0.15) is 12.1 Å². The number of hydrogen-bond acceptors (Lipinski definition) is 5. The summed E-state index contributed by atoms with van der Waals surface area (Å²) >= 11 is 0. The molecule has 0 radical (unpaired) electrons. The standard InChI is InChI=1S/C21H18FN5O/c1-13-4-2-6-17(22)15(13)8-24-21-25-9-16-14-5-3-7-23-18(14)10-28-11-19-20(16)27(21)12-26-19/h2-7,9,12H,8,10-11H2,1H3,(H,24,25). The summed E-state index contributed by atoms with van der Waals surface area (Å²) in [6.07, 6.45) is 5.31. The first-order valence-electron chi connectivity index (χ1n) is 9.07. The second-order valence-corrected chi connectivity index (χ2v) is 6.78. The van der Waals surface area contributed by atoms with Crippen LogP contribution in [-0.4, -0.2) is 19.4 Å². The number of hydrogen-bond donors (Lipinski definition) is 1. The van der Waals surface area contributed by atoms with Crippen LogP contribution in [0.5, 0.6) is 0 Å². The predicted molar refractivity (Wildman–Crippen MR) is 103 cm³/mol. The van der Waals surface area contributed by atoms with Crippen molar-refractivity contribution in [2.24, 2.45) is 0 Å². The molecule has 4 heterocycles. The number of nitrogens with zero attached hydrogens (tertiary/aromatic N) is 4. The van der Waals surface area contributed by atoms with Gasteiger partial charge in [0.2, 0.25) is 5.95 Å². The maximum Gasteiger partial charge on any atom is 0.208 e. The summed E-state index contributed by atoms with van der Waals surface area (Å²) in [5, 5.41) is 3.25. The van der Waals surface area contributed by atoms with E-state index in [9.17, 15) is 4.39 Å². The summed E-state index contributed by atoms with van der Waals surface area (Å²) in [7, 11) is 0. The second-order valence-electron chi connectivity index (χ2n) is 6.78. The van der Waals surface area contributed by atoms with Crippen molar-refractivity contribution in [1.82, 2.24) is 19.4 Å². The molecule has 1 aliphatic heterocycles. The normalized spacial score (nSPS) is 13.1. The molecule has 5 rings (SSSR count). The van der Waals surface area contributed by atoms with Crippen LogP contribution in [0.25, 0.3) is 16.6 Å². The Bertz CT molecular complexity index is 1170. The maximum atomic E-state index is 14.2. The van der Waals surface area contributed by atoms with Gasteiger partial charge < -0.3 is 10.1 Å². The fraction of sp³-hybridized carbons (Fsp3) is 0.190. The van der Waals surface area contributed by atoms with E-state index >= 15 is 0 Å². The highest BCUT2D eigenvalue weighted by atomic mass is 19.1. The van der Waals surface area contributed by atoms with Gasteiger partial charge in [0.05, 0.1) is 30.1 Å². The molecule has 140 valence electrons. The van der Waals surface area contributed by atoms with E-state index in [1.165, 1.54) is 6.07 Å². The Balaban J connectivity index is 1.59. The largest absolute Gasteiger partial charge is 0.369 e. The van der Waals surface area contributed by atoms with Crippen molar-refractivity contribution in [2.75, 3.05) is 5.32 Å². The van der Waals surface area contributed by atoms with Crippen LogP contribution in [0.1, 0.15) is 22.5 Å². The first kappa shape index (κ1) is 16.8. The topological polar surface area (TPSA) is 64.3 Å². The Hall–Kier alpha value is -3.32. The first-order chi connectivity index (χ1) is 13.7. The molecular weight excluding hydrogens is 357 g/mol. The molecule has 0 saturated heterocycles. The van der Waals surface area contributed by atoms with Crippen LogP contribution in [-0.2, 0) is 24.5 Å². The molecule has 4 aromatic rings. The van der Waals surface area contributed by atoms with Crippen molar-refractivity contribution in [2.45, 2.75) is 26.7 Å². The predicted octanol–water partition coefficient (Wildman–Crippen LogP) is 3.88. The van der Waals surface area contributed by atoms with Gasteiger partial charge in [-0.3, -0.25) is 9.38 Å². The van der Waals surface area contributed by atoms with E-state index in [1.54, 1.807) is 18.6 Å². The molecule has 7 heteroatoms. The van der Waals surface area contributed by atoms with Crippen molar-refractivity contribution in [3.05, 3.63) is 77.4 Å². The molecule has 1 aliphatic rings. The number of ether oxygens (including phenoxy) is 1. The molecular formula is C21H18FN5O. The van der Waals surface area contributed by atoms with E-state index in [2.05, 4.69) is 20.3 Å². The molecule has 1 aromatic carbocycles. The van der Waals surface area contributed by atoms with Crippen LogP contribution < -0.4 is 5.32 Å². The molecule has 0 aliphatic carbocycles. The monoisotopic (exact) mass is 375 g/mol. The minimum Gasteiger partial charge on any atom is -0.369 e. The molecule has 0 spiro atoms. The number of pyridine rings is 1. The highest BCUT2D eigenvalue weighted by Gasteiger charge is 2.20. The third kappa shape index (κ3) is 2.71.